The number of aryl methyl sites for hydroxylation is 1. The lowest BCUT2D eigenvalue weighted by Crippen LogP contribution is -1.80. The third kappa shape index (κ3) is 0.888. The molecule has 2 rings (SSSR count). The first-order valence-corrected chi connectivity index (χ1v) is 3.68. The summed E-state index contributed by atoms with van der Waals surface area (Å²) >= 11 is 0. The quantitative estimate of drug-likeness (QED) is 0.664. The third-order valence-electron chi connectivity index (χ3n) is 1.77. The highest BCUT2D eigenvalue weighted by atomic mass is 14.9. The molecule has 2 aromatic heterocycles. The fourth-order valence-corrected chi connectivity index (χ4v) is 1.17. The second-order valence-corrected chi connectivity index (χ2v) is 2.42. The van der Waals surface area contributed by atoms with Gasteiger partial charge in [-0.15, -0.1) is 0 Å². The normalized spacial score (nSPS) is 10.6. The number of hydrogen-bond acceptors (Lipinski definition) is 2. The van der Waals surface area contributed by atoms with Gasteiger partial charge < -0.3 is 4.98 Å². The van der Waals surface area contributed by atoms with E-state index in [9.17, 15) is 0 Å². The molecule has 56 valence electrons. The fraction of sp³-hybridized carbons (Fsp3) is 0.250. The molecule has 0 aliphatic heterocycles. The van der Waals surface area contributed by atoms with Crippen LogP contribution in [-0.2, 0) is 6.42 Å². The molecule has 11 heavy (non-hydrogen) atoms. The summed E-state index contributed by atoms with van der Waals surface area (Å²) in [4.78, 5) is 11.4. The highest BCUT2D eigenvalue weighted by Gasteiger charge is 2.01. The van der Waals surface area contributed by atoms with Crippen LogP contribution < -0.4 is 0 Å². The minimum atomic E-state index is 0.879. The van der Waals surface area contributed by atoms with Crippen molar-refractivity contribution in [3.8, 4) is 0 Å². The maximum absolute atomic E-state index is 4.22. The summed E-state index contributed by atoms with van der Waals surface area (Å²) in [6, 6.07) is 0. The molecule has 0 atom stereocenters. The Balaban J connectivity index is 2.76. The Morgan fingerprint density at radius 1 is 1.36 bits per heavy atom. The molecule has 0 bridgehead atoms. The van der Waals surface area contributed by atoms with E-state index < -0.39 is 0 Å². The molecule has 0 spiro atoms. The summed E-state index contributed by atoms with van der Waals surface area (Å²) < 4.78 is 0. The van der Waals surface area contributed by atoms with Gasteiger partial charge in [0.15, 0.2) is 5.65 Å². The van der Waals surface area contributed by atoms with Gasteiger partial charge in [-0.05, 0) is 12.0 Å². The van der Waals surface area contributed by atoms with Gasteiger partial charge in [-0.2, -0.15) is 0 Å². The number of hydrogen-bond donors (Lipinski definition) is 1. The minimum absolute atomic E-state index is 0.879. The van der Waals surface area contributed by atoms with Crippen LogP contribution in [0.15, 0.2) is 18.6 Å². The average molecular weight is 147 g/mol. The van der Waals surface area contributed by atoms with Crippen LogP contribution in [0.3, 0.4) is 0 Å². The molecule has 0 aliphatic rings. The van der Waals surface area contributed by atoms with Crippen molar-refractivity contribution in [1.29, 1.82) is 0 Å². The predicted octanol–water partition coefficient (Wildman–Crippen LogP) is 1.52. The predicted molar refractivity (Wildman–Crippen MR) is 43.3 cm³/mol. The molecule has 3 heteroatoms. The first-order valence-electron chi connectivity index (χ1n) is 3.68. The van der Waals surface area contributed by atoms with E-state index in [-0.39, 0.29) is 0 Å². The Morgan fingerprint density at radius 3 is 3.00 bits per heavy atom. The Kier molecular flexibility index (Phi) is 1.35. The van der Waals surface area contributed by atoms with Crippen molar-refractivity contribution in [2.45, 2.75) is 13.3 Å². The second-order valence-electron chi connectivity index (χ2n) is 2.42. The summed E-state index contributed by atoms with van der Waals surface area (Å²) in [5.74, 6) is 0. The molecule has 0 unspecified atom stereocenters. The topological polar surface area (TPSA) is 41.6 Å². The first kappa shape index (κ1) is 6.34. The van der Waals surface area contributed by atoms with E-state index in [1.165, 1.54) is 5.56 Å². The molecule has 3 nitrogen and oxygen atoms in total. The smallest absolute Gasteiger partial charge is 0.156 e. The SMILES string of the molecule is CCc1c[nH]c2nccnc12. The van der Waals surface area contributed by atoms with Crippen molar-refractivity contribution in [3.63, 3.8) is 0 Å². The van der Waals surface area contributed by atoms with Gasteiger partial charge in [0, 0.05) is 18.6 Å². The Morgan fingerprint density at radius 2 is 2.18 bits per heavy atom. The van der Waals surface area contributed by atoms with Crippen LogP contribution in [0.4, 0.5) is 0 Å². The lowest BCUT2D eigenvalue weighted by Gasteiger charge is -1.88. The molecular weight excluding hydrogens is 138 g/mol. The number of nitrogens with one attached hydrogen (secondary N) is 1. The monoisotopic (exact) mass is 147 g/mol. The van der Waals surface area contributed by atoms with Crippen molar-refractivity contribution >= 4 is 11.2 Å². The molecule has 0 saturated heterocycles. The number of aromatic nitrogens is 3. The highest BCUT2D eigenvalue weighted by molar-refractivity contribution is 5.74. The van der Waals surface area contributed by atoms with E-state index in [1.54, 1.807) is 12.4 Å². The van der Waals surface area contributed by atoms with E-state index in [4.69, 9.17) is 0 Å². The van der Waals surface area contributed by atoms with Gasteiger partial charge >= 0.3 is 0 Å². The van der Waals surface area contributed by atoms with Gasteiger partial charge in [0.05, 0.1) is 0 Å². The number of aromatic amines is 1. The lowest BCUT2D eigenvalue weighted by molar-refractivity contribution is 1.14. The molecular formula is C8H9N3. The zero-order valence-electron chi connectivity index (χ0n) is 6.33. The highest BCUT2D eigenvalue weighted by Crippen LogP contribution is 2.12. The van der Waals surface area contributed by atoms with Crippen molar-refractivity contribution in [2.24, 2.45) is 0 Å². The van der Waals surface area contributed by atoms with Gasteiger partial charge in [-0.1, -0.05) is 6.92 Å². The van der Waals surface area contributed by atoms with Gasteiger partial charge in [-0.25, -0.2) is 4.98 Å². The van der Waals surface area contributed by atoms with E-state index in [1.807, 2.05) is 6.20 Å². The van der Waals surface area contributed by atoms with Crippen LogP contribution in [0.5, 0.6) is 0 Å². The summed E-state index contributed by atoms with van der Waals surface area (Å²) in [5.41, 5.74) is 3.10. The average Bonchev–Trinajstić information content (AvgIpc) is 2.47. The molecule has 0 radical (unpaired) electrons. The largest absolute Gasteiger partial charge is 0.345 e. The van der Waals surface area contributed by atoms with Crippen LogP contribution >= 0.6 is 0 Å². The van der Waals surface area contributed by atoms with E-state index in [0.29, 0.717) is 0 Å². The van der Waals surface area contributed by atoms with Crippen LogP contribution in [0.25, 0.3) is 11.2 Å². The van der Waals surface area contributed by atoms with Crippen molar-refractivity contribution in [1.82, 2.24) is 15.0 Å². The van der Waals surface area contributed by atoms with Gasteiger partial charge in [0.25, 0.3) is 0 Å². The van der Waals surface area contributed by atoms with Crippen molar-refractivity contribution in [2.75, 3.05) is 0 Å². The Labute approximate surface area is 64.5 Å². The first-order chi connectivity index (χ1) is 5.42. The number of rotatable bonds is 1. The van der Waals surface area contributed by atoms with Crippen molar-refractivity contribution in [3.05, 3.63) is 24.2 Å². The Hall–Kier alpha value is -1.38. The Bertz CT molecular complexity index is 364. The number of nitrogens with zero attached hydrogens (tertiary/aromatic N) is 2. The van der Waals surface area contributed by atoms with E-state index >= 15 is 0 Å². The summed E-state index contributed by atoms with van der Waals surface area (Å²) in [6.07, 6.45) is 6.37. The van der Waals surface area contributed by atoms with Gasteiger partial charge in [0.2, 0.25) is 0 Å². The van der Waals surface area contributed by atoms with E-state index in [0.717, 1.165) is 17.6 Å². The number of fused-ring (bicyclic) bond motifs is 1. The molecule has 1 N–H and O–H groups in total. The maximum Gasteiger partial charge on any atom is 0.156 e. The molecule has 0 saturated carbocycles. The van der Waals surface area contributed by atoms with Crippen LogP contribution in [-0.4, -0.2) is 15.0 Å². The van der Waals surface area contributed by atoms with Crippen LogP contribution in [0, 0.1) is 0 Å². The molecule has 0 fully saturated rings. The second kappa shape index (κ2) is 2.34. The maximum atomic E-state index is 4.22. The van der Waals surface area contributed by atoms with Crippen LogP contribution in [0.2, 0.25) is 0 Å². The standard InChI is InChI=1S/C8H9N3/c1-2-6-5-11-8-7(6)9-3-4-10-8/h3-5H,2H2,1H3,(H,10,11). The molecule has 0 aliphatic carbocycles. The summed E-state index contributed by atoms with van der Waals surface area (Å²) in [7, 11) is 0. The molecule has 2 heterocycles. The number of H-pyrrole nitrogens is 1. The van der Waals surface area contributed by atoms with Gasteiger partial charge in [0.1, 0.15) is 5.52 Å². The summed E-state index contributed by atoms with van der Waals surface area (Å²) in [5, 5.41) is 0. The van der Waals surface area contributed by atoms with Crippen molar-refractivity contribution < 1.29 is 0 Å². The summed E-state index contributed by atoms with van der Waals surface area (Å²) in [6.45, 7) is 2.11. The molecule has 2 aromatic rings. The van der Waals surface area contributed by atoms with E-state index in [2.05, 4.69) is 21.9 Å². The minimum Gasteiger partial charge on any atom is -0.345 e. The van der Waals surface area contributed by atoms with Crippen LogP contribution in [0.1, 0.15) is 12.5 Å². The van der Waals surface area contributed by atoms with Gasteiger partial charge in [-0.3, -0.25) is 4.98 Å². The molecule has 0 amide bonds. The zero-order chi connectivity index (χ0) is 7.68. The lowest BCUT2D eigenvalue weighted by atomic mass is 10.2. The fourth-order valence-electron chi connectivity index (χ4n) is 1.17. The zero-order valence-corrected chi connectivity index (χ0v) is 6.33. The molecule has 0 aromatic carbocycles. The third-order valence-corrected chi connectivity index (χ3v) is 1.77.